The quantitative estimate of drug-likeness (QED) is 0.626. The third kappa shape index (κ3) is 4.98. The first-order chi connectivity index (χ1) is 10.3. The van der Waals surface area contributed by atoms with Crippen LogP contribution in [0.15, 0.2) is 0 Å². The molecule has 21 heavy (non-hydrogen) atoms. The molecule has 0 aromatic heterocycles. The third-order valence-electron chi connectivity index (χ3n) is 6.58. The van der Waals surface area contributed by atoms with E-state index in [1.807, 2.05) is 0 Å². The van der Waals surface area contributed by atoms with E-state index in [1.54, 1.807) is 0 Å². The Kier molecular flexibility index (Phi) is 7.57. The van der Waals surface area contributed by atoms with E-state index in [0.717, 1.165) is 29.7 Å². The summed E-state index contributed by atoms with van der Waals surface area (Å²) in [6.45, 7) is 8.30. The monoisotopic (exact) mass is 293 g/mol. The Bertz CT molecular complexity index is 235. The molecule has 0 spiro atoms. The van der Waals surface area contributed by atoms with Crippen LogP contribution in [0.5, 0.6) is 0 Å². The Labute approximate surface area is 133 Å². The molecular formula is C20H39N. The first-order valence-corrected chi connectivity index (χ1v) is 10.0. The van der Waals surface area contributed by atoms with E-state index in [2.05, 4.69) is 26.1 Å². The summed E-state index contributed by atoms with van der Waals surface area (Å²) in [6, 6.07) is 0.834. The van der Waals surface area contributed by atoms with Gasteiger partial charge in [-0.25, -0.2) is 0 Å². The van der Waals surface area contributed by atoms with Gasteiger partial charge in [0, 0.05) is 6.04 Å². The molecule has 2 rings (SSSR count). The maximum Gasteiger partial charge on any atom is 0.0124 e. The van der Waals surface area contributed by atoms with Gasteiger partial charge in [0.05, 0.1) is 0 Å². The number of nitrogens with one attached hydrogen (secondary N) is 1. The summed E-state index contributed by atoms with van der Waals surface area (Å²) in [7, 11) is 0. The van der Waals surface area contributed by atoms with Crippen LogP contribution in [0.4, 0.5) is 0 Å². The van der Waals surface area contributed by atoms with Crippen LogP contribution in [0.25, 0.3) is 0 Å². The van der Waals surface area contributed by atoms with Crippen molar-refractivity contribution in [2.75, 3.05) is 6.54 Å². The molecule has 0 unspecified atom stereocenters. The second-order valence-electron chi connectivity index (χ2n) is 7.86. The predicted octanol–water partition coefficient (Wildman–Crippen LogP) is 5.79. The van der Waals surface area contributed by atoms with Crippen molar-refractivity contribution in [1.29, 1.82) is 0 Å². The van der Waals surface area contributed by atoms with Crippen LogP contribution in [0.2, 0.25) is 0 Å². The second-order valence-corrected chi connectivity index (χ2v) is 7.86. The zero-order valence-corrected chi connectivity index (χ0v) is 14.9. The van der Waals surface area contributed by atoms with E-state index in [1.165, 1.54) is 77.2 Å². The summed E-state index contributed by atoms with van der Waals surface area (Å²) in [5.41, 5.74) is 0. The van der Waals surface area contributed by atoms with Gasteiger partial charge in [-0.3, -0.25) is 0 Å². The van der Waals surface area contributed by atoms with Gasteiger partial charge in [-0.05, 0) is 62.3 Å². The molecular weight excluding hydrogens is 254 g/mol. The molecule has 2 aliphatic rings. The second kappa shape index (κ2) is 9.18. The molecule has 0 aliphatic heterocycles. The maximum atomic E-state index is 3.97. The molecule has 0 heterocycles. The highest BCUT2D eigenvalue weighted by Gasteiger charge is 2.33. The predicted molar refractivity (Wildman–Crippen MR) is 93.6 cm³/mol. The molecule has 124 valence electrons. The molecule has 0 saturated heterocycles. The third-order valence-corrected chi connectivity index (χ3v) is 6.58. The Hall–Kier alpha value is -0.0400. The van der Waals surface area contributed by atoms with Gasteiger partial charge in [-0.1, -0.05) is 59.3 Å². The molecule has 1 nitrogen and oxygen atoms in total. The van der Waals surface area contributed by atoms with E-state index >= 15 is 0 Å². The average Bonchev–Trinajstić information content (AvgIpc) is 2.56. The minimum atomic E-state index is 0.834. The minimum absolute atomic E-state index is 0.834. The van der Waals surface area contributed by atoms with Crippen LogP contribution in [-0.2, 0) is 0 Å². The molecule has 0 aromatic carbocycles. The standard InChI is InChI=1S/C20H39N/c1-4-15-21-20(18-11-7-16(5-2)8-12-18)19-13-9-17(6-3)10-14-19/h16-21H,4-15H2,1-3H3. The average molecular weight is 294 g/mol. The maximum absolute atomic E-state index is 3.97. The van der Waals surface area contributed by atoms with Crippen LogP contribution < -0.4 is 5.32 Å². The number of hydrogen-bond acceptors (Lipinski definition) is 1. The van der Waals surface area contributed by atoms with Crippen molar-refractivity contribution in [3.8, 4) is 0 Å². The van der Waals surface area contributed by atoms with Gasteiger partial charge in [0.2, 0.25) is 0 Å². The molecule has 0 aromatic rings. The fourth-order valence-corrected chi connectivity index (χ4v) is 4.94. The topological polar surface area (TPSA) is 12.0 Å². The highest BCUT2D eigenvalue weighted by atomic mass is 14.9. The van der Waals surface area contributed by atoms with Crippen molar-refractivity contribution >= 4 is 0 Å². The van der Waals surface area contributed by atoms with Crippen LogP contribution in [0.3, 0.4) is 0 Å². The minimum Gasteiger partial charge on any atom is -0.313 e. The van der Waals surface area contributed by atoms with Gasteiger partial charge in [0.1, 0.15) is 0 Å². The summed E-state index contributed by atoms with van der Waals surface area (Å²) in [5, 5.41) is 3.97. The highest BCUT2D eigenvalue weighted by Crippen LogP contribution is 2.39. The fourth-order valence-electron chi connectivity index (χ4n) is 4.94. The molecule has 1 N–H and O–H groups in total. The Morgan fingerprint density at radius 1 is 0.714 bits per heavy atom. The van der Waals surface area contributed by atoms with Crippen molar-refractivity contribution in [1.82, 2.24) is 5.32 Å². The van der Waals surface area contributed by atoms with Gasteiger partial charge in [-0.2, -0.15) is 0 Å². The molecule has 2 aliphatic carbocycles. The summed E-state index contributed by atoms with van der Waals surface area (Å²) in [4.78, 5) is 0. The fraction of sp³-hybridized carbons (Fsp3) is 1.00. The zero-order valence-electron chi connectivity index (χ0n) is 14.9. The van der Waals surface area contributed by atoms with E-state index in [-0.39, 0.29) is 0 Å². The van der Waals surface area contributed by atoms with Gasteiger partial charge >= 0.3 is 0 Å². The lowest BCUT2D eigenvalue weighted by molar-refractivity contribution is 0.136. The summed E-state index contributed by atoms with van der Waals surface area (Å²) >= 11 is 0. The first-order valence-electron chi connectivity index (χ1n) is 10.0. The van der Waals surface area contributed by atoms with Crippen molar-refractivity contribution < 1.29 is 0 Å². The van der Waals surface area contributed by atoms with Gasteiger partial charge in [-0.15, -0.1) is 0 Å². The first kappa shape index (κ1) is 17.3. The Morgan fingerprint density at radius 3 is 1.48 bits per heavy atom. The van der Waals surface area contributed by atoms with Crippen LogP contribution in [0.1, 0.15) is 91.4 Å². The number of rotatable bonds is 7. The van der Waals surface area contributed by atoms with Gasteiger partial charge in [0.15, 0.2) is 0 Å². The van der Waals surface area contributed by atoms with Gasteiger partial charge in [0.25, 0.3) is 0 Å². The van der Waals surface area contributed by atoms with Crippen molar-refractivity contribution in [2.24, 2.45) is 23.7 Å². The smallest absolute Gasteiger partial charge is 0.0124 e. The highest BCUT2D eigenvalue weighted by molar-refractivity contribution is 4.89. The van der Waals surface area contributed by atoms with Crippen LogP contribution in [-0.4, -0.2) is 12.6 Å². The molecule has 2 fully saturated rings. The van der Waals surface area contributed by atoms with Gasteiger partial charge < -0.3 is 5.32 Å². The lowest BCUT2D eigenvalue weighted by atomic mass is 9.69. The Balaban J connectivity index is 1.88. The molecule has 0 radical (unpaired) electrons. The zero-order chi connectivity index (χ0) is 15.1. The molecule has 0 amide bonds. The van der Waals surface area contributed by atoms with Crippen molar-refractivity contribution in [2.45, 2.75) is 97.4 Å². The summed E-state index contributed by atoms with van der Waals surface area (Å²) < 4.78 is 0. The van der Waals surface area contributed by atoms with E-state index in [9.17, 15) is 0 Å². The van der Waals surface area contributed by atoms with Crippen molar-refractivity contribution in [3.63, 3.8) is 0 Å². The lowest BCUT2D eigenvalue weighted by Gasteiger charge is -2.41. The molecule has 0 atom stereocenters. The molecule has 0 bridgehead atoms. The number of hydrogen-bond donors (Lipinski definition) is 1. The van der Waals surface area contributed by atoms with E-state index in [0.29, 0.717) is 0 Å². The van der Waals surface area contributed by atoms with E-state index in [4.69, 9.17) is 0 Å². The normalized spacial score (nSPS) is 35.6. The van der Waals surface area contributed by atoms with Crippen LogP contribution >= 0.6 is 0 Å². The van der Waals surface area contributed by atoms with Crippen LogP contribution in [0, 0.1) is 23.7 Å². The van der Waals surface area contributed by atoms with E-state index < -0.39 is 0 Å². The summed E-state index contributed by atoms with van der Waals surface area (Å²) in [5.74, 6) is 4.01. The molecule has 1 heteroatoms. The molecule has 2 saturated carbocycles. The van der Waals surface area contributed by atoms with Crippen molar-refractivity contribution in [3.05, 3.63) is 0 Å². The Morgan fingerprint density at radius 2 is 1.14 bits per heavy atom. The lowest BCUT2D eigenvalue weighted by Crippen LogP contribution is -2.45. The largest absolute Gasteiger partial charge is 0.313 e. The SMILES string of the molecule is CCCNC(C1CCC(CC)CC1)C1CCC(CC)CC1. The summed E-state index contributed by atoms with van der Waals surface area (Å²) in [6.07, 6.45) is 16.0.